The first-order valence-electron chi connectivity index (χ1n) is 7.17. The van der Waals surface area contributed by atoms with E-state index in [2.05, 4.69) is 5.32 Å². The van der Waals surface area contributed by atoms with Crippen LogP contribution >= 0.6 is 0 Å². The van der Waals surface area contributed by atoms with Crippen LogP contribution in [0.1, 0.15) is 44.7 Å². The highest BCUT2D eigenvalue weighted by molar-refractivity contribution is 7.89. The lowest BCUT2D eigenvalue weighted by Gasteiger charge is -2.17. The number of carbonyl (C=O) groups is 1. The van der Waals surface area contributed by atoms with Gasteiger partial charge in [-0.25, -0.2) is 13.6 Å². The Balaban J connectivity index is 3.17. The van der Waals surface area contributed by atoms with E-state index < -0.39 is 10.0 Å². The van der Waals surface area contributed by atoms with Crippen molar-refractivity contribution in [1.29, 1.82) is 0 Å². The quantitative estimate of drug-likeness (QED) is 0.846. The third-order valence-corrected chi connectivity index (χ3v) is 4.41. The zero-order valence-corrected chi connectivity index (χ0v) is 13.9. The summed E-state index contributed by atoms with van der Waals surface area (Å²) >= 11 is 0. The lowest BCUT2D eigenvalue weighted by molar-refractivity contribution is -0.119. The lowest BCUT2D eigenvalue weighted by Crippen LogP contribution is -2.22. The fraction of sp³-hybridized carbons (Fsp3) is 0.533. The molecule has 1 unspecified atom stereocenters. The first-order chi connectivity index (χ1) is 9.70. The lowest BCUT2D eigenvalue weighted by atomic mass is 10.0. The van der Waals surface area contributed by atoms with E-state index in [9.17, 15) is 13.2 Å². The molecule has 0 aliphatic rings. The van der Waals surface area contributed by atoms with Crippen LogP contribution in [0, 0.1) is 12.8 Å². The van der Waals surface area contributed by atoms with Gasteiger partial charge in [-0.3, -0.25) is 4.79 Å². The summed E-state index contributed by atoms with van der Waals surface area (Å²) in [6.07, 6.45) is 2.38. The summed E-state index contributed by atoms with van der Waals surface area (Å²) in [5, 5.41) is 8.09. The number of carbonyl (C=O) groups excluding carboxylic acids is 1. The highest BCUT2D eigenvalue weighted by atomic mass is 32.2. The van der Waals surface area contributed by atoms with Gasteiger partial charge in [-0.15, -0.1) is 0 Å². The Bertz CT molecular complexity index is 624. The van der Waals surface area contributed by atoms with Crippen LogP contribution in [0.2, 0.25) is 0 Å². The van der Waals surface area contributed by atoms with Crippen molar-refractivity contribution in [3.63, 3.8) is 0 Å². The molecule has 1 aromatic carbocycles. The number of rotatable bonds is 6. The summed E-state index contributed by atoms with van der Waals surface area (Å²) in [5.74, 6) is -0.116. The number of benzene rings is 1. The van der Waals surface area contributed by atoms with E-state index >= 15 is 0 Å². The summed E-state index contributed by atoms with van der Waals surface area (Å²) < 4.78 is 22.9. The second kappa shape index (κ2) is 7.04. The number of hydrogen-bond donors (Lipinski definition) is 2. The monoisotopic (exact) mass is 312 g/mol. The Kier molecular flexibility index (Phi) is 5.92. The molecule has 0 fully saturated rings. The molecule has 0 radical (unpaired) electrons. The zero-order chi connectivity index (χ0) is 16.2. The predicted octanol–water partition coefficient (Wildman–Crippen LogP) is 2.58. The van der Waals surface area contributed by atoms with E-state index in [0.29, 0.717) is 17.7 Å². The Hall–Kier alpha value is -1.40. The van der Waals surface area contributed by atoms with Crippen molar-refractivity contribution in [1.82, 2.24) is 0 Å². The number of amides is 1. The van der Waals surface area contributed by atoms with Gasteiger partial charge in [-0.05, 0) is 43.0 Å². The molecule has 0 bridgehead atoms. The number of sulfonamides is 1. The van der Waals surface area contributed by atoms with Crippen molar-refractivity contribution < 1.29 is 13.2 Å². The van der Waals surface area contributed by atoms with E-state index in [1.165, 1.54) is 12.1 Å². The van der Waals surface area contributed by atoms with Gasteiger partial charge in [0.2, 0.25) is 15.9 Å². The third-order valence-electron chi connectivity index (χ3n) is 3.52. The fourth-order valence-electron chi connectivity index (χ4n) is 2.26. The van der Waals surface area contributed by atoms with Gasteiger partial charge >= 0.3 is 0 Å². The van der Waals surface area contributed by atoms with E-state index in [4.69, 9.17) is 5.14 Å². The first kappa shape index (κ1) is 17.7. The molecular weight excluding hydrogens is 288 g/mol. The molecule has 3 N–H and O–H groups in total. The van der Waals surface area contributed by atoms with Crippen LogP contribution in [-0.4, -0.2) is 14.3 Å². The van der Waals surface area contributed by atoms with Crippen LogP contribution in [0.4, 0.5) is 5.69 Å². The maximum Gasteiger partial charge on any atom is 0.238 e. The van der Waals surface area contributed by atoms with Crippen LogP contribution in [-0.2, 0) is 21.2 Å². The smallest absolute Gasteiger partial charge is 0.238 e. The average Bonchev–Trinajstić information content (AvgIpc) is 2.39. The van der Waals surface area contributed by atoms with Crippen LogP contribution in [0.5, 0.6) is 0 Å². The minimum atomic E-state index is -3.74. The molecular formula is C15H24N2O3S. The third kappa shape index (κ3) is 4.54. The molecule has 0 saturated carbocycles. The van der Waals surface area contributed by atoms with Crippen molar-refractivity contribution in [2.75, 3.05) is 5.32 Å². The molecule has 118 valence electrons. The van der Waals surface area contributed by atoms with E-state index in [1.54, 1.807) is 6.92 Å². The summed E-state index contributed by atoms with van der Waals surface area (Å²) in [4.78, 5) is 12.2. The number of aryl methyl sites for hydroxylation is 2. The molecule has 0 aromatic heterocycles. The van der Waals surface area contributed by atoms with Gasteiger partial charge in [0.1, 0.15) is 0 Å². The van der Waals surface area contributed by atoms with Crippen molar-refractivity contribution in [2.24, 2.45) is 11.1 Å². The predicted molar refractivity (Wildman–Crippen MR) is 84.6 cm³/mol. The van der Waals surface area contributed by atoms with Crippen molar-refractivity contribution in [3.05, 3.63) is 23.3 Å². The molecule has 0 heterocycles. The fourth-order valence-corrected chi connectivity index (χ4v) is 2.90. The van der Waals surface area contributed by atoms with Gasteiger partial charge in [0, 0.05) is 11.6 Å². The first-order valence-corrected chi connectivity index (χ1v) is 8.72. The van der Waals surface area contributed by atoms with Gasteiger partial charge < -0.3 is 5.32 Å². The Morgan fingerprint density at radius 2 is 1.95 bits per heavy atom. The minimum Gasteiger partial charge on any atom is -0.325 e. The number of primary sulfonamides is 1. The molecule has 5 nitrogen and oxygen atoms in total. The van der Waals surface area contributed by atoms with Crippen LogP contribution in [0.25, 0.3) is 0 Å². The Morgan fingerprint density at radius 1 is 1.33 bits per heavy atom. The molecule has 1 rings (SSSR count). The second-order valence-electron chi connectivity index (χ2n) is 5.35. The topological polar surface area (TPSA) is 89.3 Å². The summed E-state index contributed by atoms with van der Waals surface area (Å²) in [5.41, 5.74) is 2.17. The molecule has 1 amide bonds. The summed E-state index contributed by atoms with van der Waals surface area (Å²) in [7, 11) is -3.74. The van der Waals surface area contributed by atoms with Gasteiger partial charge in [-0.1, -0.05) is 27.2 Å². The summed E-state index contributed by atoms with van der Waals surface area (Å²) in [6.45, 7) is 7.60. The molecule has 21 heavy (non-hydrogen) atoms. The maximum absolute atomic E-state index is 12.2. The van der Waals surface area contributed by atoms with Crippen molar-refractivity contribution in [3.8, 4) is 0 Å². The normalized spacial score (nSPS) is 13.0. The van der Waals surface area contributed by atoms with Gasteiger partial charge in [0.15, 0.2) is 0 Å². The van der Waals surface area contributed by atoms with Gasteiger partial charge in [-0.2, -0.15) is 0 Å². The van der Waals surface area contributed by atoms with Gasteiger partial charge in [0.05, 0.1) is 4.90 Å². The molecule has 6 heteroatoms. The number of hydrogen-bond acceptors (Lipinski definition) is 3. The number of anilines is 1. The van der Waals surface area contributed by atoms with Crippen molar-refractivity contribution in [2.45, 2.75) is 51.9 Å². The second-order valence-corrected chi connectivity index (χ2v) is 6.91. The average molecular weight is 312 g/mol. The maximum atomic E-state index is 12.2. The molecule has 0 spiro atoms. The molecule has 1 aromatic rings. The van der Waals surface area contributed by atoms with Crippen LogP contribution in [0.3, 0.4) is 0 Å². The largest absolute Gasteiger partial charge is 0.325 e. The van der Waals surface area contributed by atoms with Crippen molar-refractivity contribution >= 4 is 21.6 Å². The highest BCUT2D eigenvalue weighted by Crippen LogP contribution is 2.26. The van der Waals surface area contributed by atoms with Crippen LogP contribution < -0.4 is 10.5 Å². The van der Waals surface area contributed by atoms with E-state index in [0.717, 1.165) is 18.4 Å². The zero-order valence-electron chi connectivity index (χ0n) is 13.1. The highest BCUT2D eigenvalue weighted by Gasteiger charge is 2.17. The Morgan fingerprint density at radius 3 is 2.43 bits per heavy atom. The van der Waals surface area contributed by atoms with Gasteiger partial charge in [0.25, 0.3) is 0 Å². The van der Waals surface area contributed by atoms with E-state index in [-0.39, 0.29) is 16.7 Å². The number of nitrogens with two attached hydrogens (primary N) is 1. The Labute approximate surface area is 127 Å². The molecule has 0 saturated heterocycles. The van der Waals surface area contributed by atoms with E-state index in [1.807, 2.05) is 20.8 Å². The minimum absolute atomic E-state index is 0.0435. The molecule has 0 aliphatic heterocycles. The number of nitrogens with one attached hydrogen (secondary N) is 1. The summed E-state index contributed by atoms with van der Waals surface area (Å²) in [6, 6.07) is 3.02. The van der Waals surface area contributed by atoms with Crippen LogP contribution in [0.15, 0.2) is 17.0 Å². The standard InChI is InChI=1S/C15H24N2O3S/c1-5-7-10(3)15(18)17-14-11(4)8-13(21(16,19)20)9-12(14)6-2/h8-10H,5-7H2,1-4H3,(H,17,18)(H2,16,19,20). The molecule has 1 atom stereocenters. The molecule has 0 aliphatic carbocycles. The SMILES string of the molecule is CCCC(C)C(=O)Nc1c(C)cc(S(N)(=O)=O)cc1CC.